The molecule has 0 heterocycles. The van der Waals surface area contributed by atoms with Crippen LogP contribution in [0.25, 0.3) is 0 Å². The normalized spacial score (nSPS) is 11.5. The fraction of sp³-hybridized carbons (Fsp3) is 0.200. The first-order valence-electron chi connectivity index (χ1n) is 4.66. The molecule has 0 aliphatic rings. The van der Waals surface area contributed by atoms with Crippen LogP contribution >= 0.6 is 0 Å². The highest BCUT2D eigenvalue weighted by Gasteiger charge is 2.48. The summed E-state index contributed by atoms with van der Waals surface area (Å²) >= 11 is 0. The Labute approximate surface area is 102 Å². The van der Waals surface area contributed by atoms with Crippen LogP contribution in [0.15, 0.2) is 18.2 Å². The van der Waals surface area contributed by atoms with Crippen molar-refractivity contribution >= 4 is 17.6 Å². The molecule has 104 valence electrons. The Morgan fingerprint density at radius 2 is 1.84 bits per heavy atom. The van der Waals surface area contributed by atoms with Gasteiger partial charge in [-0.2, -0.15) is 8.78 Å². The second-order valence-electron chi connectivity index (χ2n) is 3.38. The Hall–Kier alpha value is -2.19. The van der Waals surface area contributed by atoms with Crippen molar-refractivity contribution in [3.05, 3.63) is 29.6 Å². The third-order valence-electron chi connectivity index (χ3n) is 2.03. The minimum absolute atomic E-state index is 0.433. The molecule has 0 fully saturated rings. The highest BCUT2D eigenvalue weighted by molar-refractivity contribution is 5.97. The lowest BCUT2D eigenvalue weighted by Crippen LogP contribution is -2.41. The van der Waals surface area contributed by atoms with E-state index in [0.717, 1.165) is 6.07 Å². The number of nitrogens with one attached hydrogen (secondary N) is 1. The first-order chi connectivity index (χ1) is 8.66. The predicted molar refractivity (Wildman–Crippen MR) is 52.9 cm³/mol. The van der Waals surface area contributed by atoms with Crippen molar-refractivity contribution in [2.75, 3.05) is 5.32 Å². The van der Waals surface area contributed by atoms with Gasteiger partial charge in [0.15, 0.2) is 0 Å². The lowest BCUT2D eigenvalue weighted by Gasteiger charge is -2.14. The number of alkyl halides is 4. The Morgan fingerprint density at radius 1 is 1.26 bits per heavy atom. The van der Waals surface area contributed by atoms with Gasteiger partial charge in [-0.1, -0.05) is 0 Å². The van der Waals surface area contributed by atoms with E-state index >= 15 is 0 Å². The number of carboxylic acids is 1. The number of amides is 1. The van der Waals surface area contributed by atoms with Crippen LogP contribution in [-0.2, 0) is 4.79 Å². The van der Waals surface area contributed by atoms with Gasteiger partial charge in [0.1, 0.15) is 5.82 Å². The topological polar surface area (TPSA) is 66.4 Å². The lowest BCUT2D eigenvalue weighted by atomic mass is 10.2. The molecular weight excluding hydrogens is 277 g/mol. The maximum atomic E-state index is 13.1. The molecule has 1 aromatic rings. The molecule has 2 N–H and O–H groups in total. The number of aromatic carboxylic acids is 1. The number of carboxylic acid groups (broad SMARTS) is 1. The third kappa shape index (κ3) is 3.18. The molecule has 0 radical (unpaired) electrons. The van der Waals surface area contributed by atoms with Gasteiger partial charge < -0.3 is 10.4 Å². The Bertz CT molecular complexity index is 518. The molecule has 1 rings (SSSR count). The zero-order chi connectivity index (χ0) is 14.8. The summed E-state index contributed by atoms with van der Waals surface area (Å²) in [5.74, 6) is -10.1. The first-order valence-corrected chi connectivity index (χ1v) is 4.66. The number of hydrogen-bond acceptors (Lipinski definition) is 2. The lowest BCUT2D eigenvalue weighted by molar-refractivity contribution is -0.163. The summed E-state index contributed by atoms with van der Waals surface area (Å²) in [6.45, 7) is 0. The molecule has 0 spiro atoms. The van der Waals surface area contributed by atoms with E-state index < -0.39 is 41.3 Å². The van der Waals surface area contributed by atoms with Crippen molar-refractivity contribution in [1.29, 1.82) is 0 Å². The van der Waals surface area contributed by atoms with Crippen molar-refractivity contribution in [1.82, 2.24) is 0 Å². The monoisotopic (exact) mass is 283 g/mol. The maximum Gasteiger partial charge on any atom is 0.383 e. The molecule has 0 aliphatic heterocycles. The van der Waals surface area contributed by atoms with E-state index in [9.17, 15) is 31.5 Å². The molecule has 1 amide bonds. The van der Waals surface area contributed by atoms with Crippen LogP contribution in [0.5, 0.6) is 0 Å². The van der Waals surface area contributed by atoms with E-state index in [1.54, 1.807) is 0 Å². The SMILES string of the molecule is O=C(O)c1ccc(NC(=O)C(F)(F)C(F)F)cc1F. The van der Waals surface area contributed by atoms with Gasteiger partial charge in [0.05, 0.1) is 5.56 Å². The Balaban J connectivity index is 2.93. The molecule has 19 heavy (non-hydrogen) atoms. The quantitative estimate of drug-likeness (QED) is 0.834. The third-order valence-corrected chi connectivity index (χ3v) is 2.03. The summed E-state index contributed by atoms with van der Waals surface area (Å²) in [4.78, 5) is 21.3. The van der Waals surface area contributed by atoms with E-state index in [-0.39, 0.29) is 0 Å². The van der Waals surface area contributed by atoms with Gasteiger partial charge in [-0.25, -0.2) is 18.0 Å². The highest BCUT2D eigenvalue weighted by atomic mass is 19.3. The van der Waals surface area contributed by atoms with Crippen LogP contribution in [0.2, 0.25) is 0 Å². The molecular formula is C10H6F5NO3. The van der Waals surface area contributed by atoms with Crippen LogP contribution in [0, 0.1) is 5.82 Å². The summed E-state index contributed by atoms with van der Waals surface area (Å²) < 4.78 is 62.0. The van der Waals surface area contributed by atoms with Crippen LogP contribution in [-0.4, -0.2) is 29.3 Å². The average molecular weight is 283 g/mol. The number of anilines is 1. The maximum absolute atomic E-state index is 13.1. The van der Waals surface area contributed by atoms with E-state index in [0.29, 0.717) is 12.1 Å². The molecule has 0 aromatic heterocycles. The van der Waals surface area contributed by atoms with Gasteiger partial charge >= 0.3 is 24.2 Å². The van der Waals surface area contributed by atoms with E-state index in [1.807, 2.05) is 0 Å². The van der Waals surface area contributed by atoms with Crippen LogP contribution < -0.4 is 5.32 Å². The van der Waals surface area contributed by atoms with Gasteiger partial charge in [0.2, 0.25) is 0 Å². The molecule has 0 saturated carbocycles. The summed E-state index contributed by atoms with van der Waals surface area (Å²) in [6.07, 6.45) is -4.21. The molecule has 4 nitrogen and oxygen atoms in total. The number of rotatable bonds is 4. The van der Waals surface area contributed by atoms with Gasteiger partial charge in [0.25, 0.3) is 0 Å². The molecule has 0 atom stereocenters. The van der Waals surface area contributed by atoms with E-state index in [4.69, 9.17) is 5.11 Å². The summed E-state index contributed by atoms with van der Waals surface area (Å²) in [7, 11) is 0. The standard InChI is InChI=1S/C10H6F5NO3/c11-6-3-4(1-2-5(6)7(17)18)16-9(19)10(14,15)8(12)13/h1-3,8H,(H,16,19)(H,17,18). The molecule has 0 bridgehead atoms. The smallest absolute Gasteiger partial charge is 0.383 e. The van der Waals surface area contributed by atoms with Crippen molar-refractivity contribution in [2.45, 2.75) is 12.3 Å². The second-order valence-corrected chi connectivity index (χ2v) is 3.38. The van der Waals surface area contributed by atoms with Crippen LogP contribution in [0.3, 0.4) is 0 Å². The van der Waals surface area contributed by atoms with Gasteiger partial charge in [-0.05, 0) is 18.2 Å². The fourth-order valence-electron chi connectivity index (χ4n) is 1.08. The van der Waals surface area contributed by atoms with Gasteiger partial charge in [-0.3, -0.25) is 4.79 Å². The minimum atomic E-state index is -4.93. The molecule has 0 unspecified atom stereocenters. The molecule has 0 aliphatic carbocycles. The van der Waals surface area contributed by atoms with Crippen molar-refractivity contribution in [3.63, 3.8) is 0 Å². The number of carbonyl (C=O) groups excluding carboxylic acids is 1. The first kappa shape index (κ1) is 14.9. The zero-order valence-electron chi connectivity index (χ0n) is 8.96. The van der Waals surface area contributed by atoms with Crippen LogP contribution in [0.4, 0.5) is 27.6 Å². The minimum Gasteiger partial charge on any atom is -0.478 e. The number of carbonyl (C=O) groups is 2. The number of benzene rings is 1. The largest absolute Gasteiger partial charge is 0.478 e. The Morgan fingerprint density at radius 3 is 2.26 bits per heavy atom. The van der Waals surface area contributed by atoms with Crippen molar-refractivity contribution in [2.24, 2.45) is 0 Å². The molecule has 9 heteroatoms. The fourth-order valence-corrected chi connectivity index (χ4v) is 1.08. The van der Waals surface area contributed by atoms with Crippen molar-refractivity contribution in [3.8, 4) is 0 Å². The van der Waals surface area contributed by atoms with Gasteiger partial charge in [-0.15, -0.1) is 0 Å². The Kier molecular flexibility index (Phi) is 4.07. The zero-order valence-corrected chi connectivity index (χ0v) is 8.96. The van der Waals surface area contributed by atoms with E-state index in [1.165, 1.54) is 5.32 Å². The van der Waals surface area contributed by atoms with Gasteiger partial charge in [0, 0.05) is 5.69 Å². The number of hydrogen-bond donors (Lipinski definition) is 2. The van der Waals surface area contributed by atoms with Crippen LogP contribution in [0.1, 0.15) is 10.4 Å². The molecule has 0 saturated heterocycles. The molecule has 1 aromatic carbocycles. The number of halogens is 5. The summed E-state index contributed by atoms with van der Waals surface area (Å²) in [5, 5.41) is 9.86. The summed E-state index contributed by atoms with van der Waals surface area (Å²) in [5.41, 5.74) is -1.31. The predicted octanol–water partition coefficient (Wildman–Crippen LogP) is 2.36. The second kappa shape index (κ2) is 5.21. The van der Waals surface area contributed by atoms with Crippen molar-refractivity contribution < 1.29 is 36.6 Å². The average Bonchev–Trinajstić information content (AvgIpc) is 2.28. The summed E-state index contributed by atoms with van der Waals surface area (Å²) in [6, 6.07) is 1.93. The van der Waals surface area contributed by atoms with E-state index in [2.05, 4.69) is 0 Å². The highest BCUT2D eigenvalue weighted by Crippen LogP contribution is 2.25.